The van der Waals surface area contributed by atoms with Crippen LogP contribution in [0.4, 0.5) is 17.1 Å². The molecule has 0 aliphatic carbocycles. The molecular weight excluding hydrogens is 356 g/mol. The molecule has 1 fully saturated rings. The molecule has 3 N–H and O–H groups in total. The van der Waals surface area contributed by atoms with Crippen LogP contribution in [0.15, 0.2) is 48.5 Å². The predicted octanol–water partition coefficient (Wildman–Crippen LogP) is 2.93. The van der Waals surface area contributed by atoms with E-state index in [-0.39, 0.29) is 24.3 Å². The number of nitrogens with zero attached hydrogens (tertiary/aromatic N) is 1. The van der Waals surface area contributed by atoms with Crippen LogP contribution < -0.4 is 16.0 Å². The maximum atomic E-state index is 12.3. The lowest BCUT2D eigenvalue weighted by Crippen LogP contribution is -2.27. The van der Waals surface area contributed by atoms with Gasteiger partial charge < -0.3 is 20.9 Å². The summed E-state index contributed by atoms with van der Waals surface area (Å²) in [4.78, 5) is 37.5. The molecule has 2 aromatic carbocycles. The highest BCUT2D eigenvalue weighted by Crippen LogP contribution is 2.16. The number of benzene rings is 2. The summed E-state index contributed by atoms with van der Waals surface area (Å²) in [5.41, 5.74) is 2.65. The molecule has 3 amide bonds. The summed E-state index contributed by atoms with van der Waals surface area (Å²) in [6, 6.07) is 14.1. The van der Waals surface area contributed by atoms with E-state index < -0.39 is 0 Å². The van der Waals surface area contributed by atoms with Gasteiger partial charge in [-0.3, -0.25) is 14.4 Å². The number of rotatable bonds is 6. The lowest BCUT2D eigenvalue weighted by atomic mass is 10.2. The number of hydrogen-bond donors (Lipinski definition) is 3. The van der Waals surface area contributed by atoms with Crippen LogP contribution in [0.3, 0.4) is 0 Å². The smallest absolute Gasteiger partial charge is 0.253 e. The quantitative estimate of drug-likeness (QED) is 0.719. The van der Waals surface area contributed by atoms with Gasteiger partial charge in [0.05, 0.1) is 6.54 Å². The zero-order valence-electron chi connectivity index (χ0n) is 15.8. The summed E-state index contributed by atoms with van der Waals surface area (Å²) in [6.45, 7) is 3.16. The van der Waals surface area contributed by atoms with Gasteiger partial charge in [-0.15, -0.1) is 0 Å². The second-order valence-electron chi connectivity index (χ2n) is 6.74. The average molecular weight is 380 g/mol. The Balaban J connectivity index is 1.50. The Morgan fingerprint density at radius 1 is 0.893 bits per heavy atom. The molecule has 1 saturated heterocycles. The SMILES string of the molecule is CC(=O)Nc1cccc(NC(=O)CNc2ccc(C(=O)N3CCCC3)cc2)c1. The summed E-state index contributed by atoms with van der Waals surface area (Å²) in [5, 5.41) is 8.49. The topological polar surface area (TPSA) is 90.5 Å². The summed E-state index contributed by atoms with van der Waals surface area (Å²) < 4.78 is 0. The first-order chi connectivity index (χ1) is 13.5. The van der Waals surface area contributed by atoms with E-state index in [2.05, 4.69) is 16.0 Å². The fraction of sp³-hybridized carbons (Fsp3) is 0.286. The van der Waals surface area contributed by atoms with Crippen LogP contribution in [-0.4, -0.2) is 42.3 Å². The highest BCUT2D eigenvalue weighted by atomic mass is 16.2. The molecule has 146 valence electrons. The maximum absolute atomic E-state index is 12.3. The zero-order chi connectivity index (χ0) is 19.9. The molecule has 7 nitrogen and oxygen atoms in total. The van der Waals surface area contributed by atoms with Crippen molar-refractivity contribution in [1.82, 2.24) is 4.90 Å². The summed E-state index contributed by atoms with van der Waals surface area (Å²) >= 11 is 0. The lowest BCUT2D eigenvalue weighted by Gasteiger charge is -2.15. The Labute approximate surface area is 164 Å². The number of carbonyl (C=O) groups excluding carboxylic acids is 3. The van der Waals surface area contributed by atoms with Crippen molar-refractivity contribution in [2.75, 3.05) is 35.6 Å². The molecule has 1 aliphatic rings. The largest absolute Gasteiger partial charge is 0.376 e. The Morgan fingerprint density at radius 3 is 2.18 bits per heavy atom. The highest BCUT2D eigenvalue weighted by molar-refractivity contribution is 5.96. The van der Waals surface area contributed by atoms with Crippen LogP contribution >= 0.6 is 0 Å². The van der Waals surface area contributed by atoms with Crippen LogP contribution in [0.1, 0.15) is 30.1 Å². The fourth-order valence-electron chi connectivity index (χ4n) is 3.10. The van der Waals surface area contributed by atoms with Gasteiger partial charge in [-0.2, -0.15) is 0 Å². The number of anilines is 3. The second-order valence-corrected chi connectivity index (χ2v) is 6.74. The normalized spacial score (nSPS) is 13.1. The maximum Gasteiger partial charge on any atom is 0.253 e. The minimum Gasteiger partial charge on any atom is -0.376 e. The van der Waals surface area contributed by atoms with E-state index in [0.717, 1.165) is 31.6 Å². The molecule has 0 saturated carbocycles. The Hall–Kier alpha value is -3.35. The van der Waals surface area contributed by atoms with Crippen molar-refractivity contribution >= 4 is 34.8 Å². The predicted molar refractivity (Wildman–Crippen MR) is 109 cm³/mol. The van der Waals surface area contributed by atoms with Crippen LogP contribution in [0.5, 0.6) is 0 Å². The number of carbonyl (C=O) groups is 3. The third kappa shape index (κ3) is 5.33. The van der Waals surface area contributed by atoms with Gasteiger partial charge in [0.15, 0.2) is 0 Å². The van der Waals surface area contributed by atoms with Gasteiger partial charge in [-0.1, -0.05) is 6.07 Å². The summed E-state index contributed by atoms with van der Waals surface area (Å²) in [5.74, 6) is -0.324. The second kappa shape index (κ2) is 9.03. The first-order valence-electron chi connectivity index (χ1n) is 9.32. The molecular formula is C21H24N4O3. The van der Waals surface area contributed by atoms with Crippen molar-refractivity contribution in [3.05, 3.63) is 54.1 Å². The number of likely N-dealkylation sites (tertiary alicyclic amines) is 1. The third-order valence-corrected chi connectivity index (χ3v) is 4.44. The van der Waals surface area contributed by atoms with Gasteiger partial charge in [0.2, 0.25) is 11.8 Å². The number of nitrogens with one attached hydrogen (secondary N) is 3. The number of hydrogen-bond acceptors (Lipinski definition) is 4. The van der Waals surface area contributed by atoms with Crippen molar-refractivity contribution in [3.63, 3.8) is 0 Å². The molecule has 3 rings (SSSR count). The van der Waals surface area contributed by atoms with Gasteiger partial charge >= 0.3 is 0 Å². The van der Waals surface area contributed by atoms with Crippen molar-refractivity contribution in [2.24, 2.45) is 0 Å². The Bertz CT molecular complexity index is 858. The average Bonchev–Trinajstić information content (AvgIpc) is 3.21. The van der Waals surface area contributed by atoms with Gasteiger partial charge in [-0.25, -0.2) is 0 Å². The van der Waals surface area contributed by atoms with Gasteiger partial charge in [0.25, 0.3) is 5.91 Å². The fourth-order valence-corrected chi connectivity index (χ4v) is 3.10. The molecule has 0 spiro atoms. The first kappa shape index (κ1) is 19.4. The van der Waals surface area contributed by atoms with Crippen molar-refractivity contribution in [3.8, 4) is 0 Å². The molecule has 0 radical (unpaired) electrons. The summed E-state index contributed by atoms with van der Waals surface area (Å²) in [7, 11) is 0. The van der Waals surface area contributed by atoms with Crippen molar-refractivity contribution in [1.29, 1.82) is 0 Å². The van der Waals surface area contributed by atoms with Gasteiger partial charge in [0, 0.05) is 42.6 Å². The van der Waals surface area contributed by atoms with Crippen molar-refractivity contribution in [2.45, 2.75) is 19.8 Å². The van der Waals surface area contributed by atoms with E-state index in [1.165, 1.54) is 6.92 Å². The van der Waals surface area contributed by atoms with Gasteiger partial charge in [-0.05, 0) is 55.3 Å². The molecule has 1 heterocycles. The van der Waals surface area contributed by atoms with E-state index >= 15 is 0 Å². The van der Waals surface area contributed by atoms with E-state index in [9.17, 15) is 14.4 Å². The van der Waals surface area contributed by atoms with Crippen LogP contribution in [0, 0.1) is 0 Å². The van der Waals surface area contributed by atoms with E-state index in [4.69, 9.17) is 0 Å². The molecule has 1 aliphatic heterocycles. The highest BCUT2D eigenvalue weighted by Gasteiger charge is 2.19. The lowest BCUT2D eigenvalue weighted by molar-refractivity contribution is -0.115. The monoisotopic (exact) mass is 380 g/mol. The minimum absolute atomic E-state index is 0.0563. The molecule has 28 heavy (non-hydrogen) atoms. The van der Waals surface area contributed by atoms with Crippen LogP contribution in [0.2, 0.25) is 0 Å². The minimum atomic E-state index is -0.211. The van der Waals surface area contributed by atoms with Crippen LogP contribution in [0.25, 0.3) is 0 Å². The van der Waals surface area contributed by atoms with E-state index in [0.29, 0.717) is 16.9 Å². The van der Waals surface area contributed by atoms with Gasteiger partial charge in [0.1, 0.15) is 0 Å². The van der Waals surface area contributed by atoms with E-state index in [1.807, 2.05) is 4.90 Å². The van der Waals surface area contributed by atoms with Crippen molar-refractivity contribution < 1.29 is 14.4 Å². The standard InChI is InChI=1S/C21H24N4O3/c1-15(26)23-18-5-4-6-19(13-18)24-20(27)14-22-17-9-7-16(8-10-17)21(28)25-11-2-3-12-25/h4-10,13,22H,2-3,11-12,14H2,1H3,(H,23,26)(H,24,27). The molecule has 0 bridgehead atoms. The van der Waals surface area contributed by atoms with E-state index in [1.54, 1.807) is 48.5 Å². The zero-order valence-corrected chi connectivity index (χ0v) is 15.8. The molecule has 0 aromatic heterocycles. The van der Waals surface area contributed by atoms with Crippen LogP contribution in [-0.2, 0) is 9.59 Å². The molecule has 7 heteroatoms. The third-order valence-electron chi connectivity index (χ3n) is 4.44. The molecule has 0 unspecified atom stereocenters. The first-order valence-corrected chi connectivity index (χ1v) is 9.32. The Morgan fingerprint density at radius 2 is 1.54 bits per heavy atom. The number of amides is 3. The summed E-state index contributed by atoms with van der Waals surface area (Å²) in [6.07, 6.45) is 2.13. The molecule has 0 atom stereocenters. The molecule has 2 aromatic rings. The Kier molecular flexibility index (Phi) is 6.26.